The van der Waals surface area contributed by atoms with Gasteiger partial charge in [0.1, 0.15) is 11.9 Å². The van der Waals surface area contributed by atoms with E-state index in [4.69, 9.17) is 5.26 Å². The molecular formula is C17H16FN5O. The lowest BCUT2D eigenvalue weighted by Gasteiger charge is -2.32. The number of hydrogen-bond acceptors (Lipinski definition) is 5. The van der Waals surface area contributed by atoms with E-state index >= 15 is 0 Å². The molecule has 1 saturated heterocycles. The molecule has 1 aliphatic heterocycles. The Morgan fingerprint density at radius 2 is 1.88 bits per heavy atom. The summed E-state index contributed by atoms with van der Waals surface area (Å²) in [5.41, 5.74) is 0.885. The topological polar surface area (TPSA) is 81.9 Å². The van der Waals surface area contributed by atoms with E-state index < -0.39 is 0 Å². The van der Waals surface area contributed by atoms with Crippen LogP contribution in [0.3, 0.4) is 0 Å². The minimum atomic E-state index is -0.335. The second-order valence-electron chi connectivity index (χ2n) is 5.60. The first kappa shape index (κ1) is 15.9. The van der Waals surface area contributed by atoms with Crippen LogP contribution in [0.1, 0.15) is 18.5 Å². The van der Waals surface area contributed by atoms with Crippen LogP contribution in [0.15, 0.2) is 36.7 Å². The number of anilines is 2. The number of rotatable bonds is 3. The summed E-state index contributed by atoms with van der Waals surface area (Å²) in [5, 5.41) is 11.9. The van der Waals surface area contributed by atoms with Gasteiger partial charge in [0.25, 0.3) is 0 Å². The molecule has 6 nitrogen and oxygen atoms in total. The molecule has 1 aromatic carbocycles. The number of hydrogen-bond donors (Lipinski definition) is 1. The van der Waals surface area contributed by atoms with E-state index in [1.54, 1.807) is 18.3 Å². The molecular weight excluding hydrogens is 309 g/mol. The summed E-state index contributed by atoms with van der Waals surface area (Å²) in [5.74, 6) is 0.0467. The Hall–Kier alpha value is -3.01. The molecule has 0 atom stereocenters. The number of piperidine rings is 1. The fourth-order valence-corrected chi connectivity index (χ4v) is 2.77. The quantitative estimate of drug-likeness (QED) is 0.936. The summed E-state index contributed by atoms with van der Waals surface area (Å²) < 4.78 is 12.9. The molecule has 0 spiro atoms. The van der Waals surface area contributed by atoms with Crippen molar-refractivity contribution in [3.8, 4) is 6.07 Å². The van der Waals surface area contributed by atoms with E-state index in [2.05, 4.69) is 15.3 Å². The maximum absolute atomic E-state index is 12.9. The second-order valence-corrected chi connectivity index (χ2v) is 5.60. The number of nitrogens with one attached hydrogen (secondary N) is 1. The summed E-state index contributed by atoms with van der Waals surface area (Å²) >= 11 is 0. The standard InChI is InChI=1S/C17H16FN5O/c18-13-1-3-14(4-2-13)22-17(24)12-5-9-23(10-6-12)16-15(11-19)20-7-8-21-16/h1-4,7-8,12H,5-6,9-10H2,(H,22,24). The molecule has 3 rings (SSSR count). The zero-order valence-corrected chi connectivity index (χ0v) is 12.9. The normalized spacial score (nSPS) is 14.9. The third kappa shape index (κ3) is 3.49. The number of aromatic nitrogens is 2. The Labute approximate surface area is 139 Å². The average molecular weight is 325 g/mol. The number of amides is 1. The van der Waals surface area contributed by atoms with Crippen molar-refractivity contribution >= 4 is 17.4 Å². The lowest BCUT2D eigenvalue weighted by atomic mass is 9.95. The van der Waals surface area contributed by atoms with Crippen LogP contribution in [0.2, 0.25) is 0 Å². The van der Waals surface area contributed by atoms with E-state index in [9.17, 15) is 9.18 Å². The Kier molecular flexibility index (Phi) is 4.66. The summed E-state index contributed by atoms with van der Waals surface area (Å²) in [6.45, 7) is 1.27. The molecule has 1 aliphatic rings. The van der Waals surface area contributed by atoms with Crippen LogP contribution in [0.4, 0.5) is 15.9 Å². The van der Waals surface area contributed by atoms with Crippen molar-refractivity contribution in [2.45, 2.75) is 12.8 Å². The lowest BCUT2D eigenvalue weighted by molar-refractivity contribution is -0.120. The van der Waals surface area contributed by atoms with Gasteiger partial charge in [0.2, 0.25) is 5.91 Å². The molecule has 1 amide bonds. The number of carbonyl (C=O) groups excluding carboxylic acids is 1. The highest BCUT2D eigenvalue weighted by molar-refractivity contribution is 5.92. The first-order valence-corrected chi connectivity index (χ1v) is 7.70. The highest BCUT2D eigenvalue weighted by Gasteiger charge is 2.27. The van der Waals surface area contributed by atoms with Gasteiger partial charge in [-0.25, -0.2) is 14.4 Å². The zero-order chi connectivity index (χ0) is 16.9. The number of nitriles is 1. The van der Waals surface area contributed by atoms with Crippen LogP contribution < -0.4 is 10.2 Å². The van der Waals surface area contributed by atoms with E-state index in [0.29, 0.717) is 43.1 Å². The van der Waals surface area contributed by atoms with E-state index in [-0.39, 0.29) is 17.6 Å². The van der Waals surface area contributed by atoms with Crippen molar-refractivity contribution in [2.75, 3.05) is 23.3 Å². The van der Waals surface area contributed by atoms with Crippen LogP contribution in [0.5, 0.6) is 0 Å². The van der Waals surface area contributed by atoms with E-state index in [1.807, 2.05) is 11.0 Å². The minimum absolute atomic E-state index is 0.0686. The van der Waals surface area contributed by atoms with Crippen molar-refractivity contribution in [3.05, 3.63) is 48.2 Å². The fourth-order valence-electron chi connectivity index (χ4n) is 2.77. The Morgan fingerprint density at radius 3 is 2.54 bits per heavy atom. The van der Waals surface area contributed by atoms with Crippen molar-refractivity contribution in [1.29, 1.82) is 5.26 Å². The van der Waals surface area contributed by atoms with E-state index in [0.717, 1.165) is 0 Å². The third-order valence-corrected chi connectivity index (χ3v) is 4.06. The minimum Gasteiger partial charge on any atom is -0.354 e. The summed E-state index contributed by atoms with van der Waals surface area (Å²) in [6, 6.07) is 7.75. The number of benzene rings is 1. The van der Waals surface area contributed by atoms with Gasteiger partial charge in [-0.05, 0) is 37.1 Å². The number of nitrogens with zero attached hydrogens (tertiary/aromatic N) is 4. The molecule has 0 unspecified atom stereocenters. The zero-order valence-electron chi connectivity index (χ0n) is 12.9. The van der Waals surface area contributed by atoms with Crippen LogP contribution in [-0.4, -0.2) is 29.0 Å². The fraction of sp³-hybridized carbons (Fsp3) is 0.294. The lowest BCUT2D eigenvalue weighted by Crippen LogP contribution is -2.39. The van der Waals surface area contributed by atoms with Crippen molar-refractivity contribution < 1.29 is 9.18 Å². The molecule has 0 saturated carbocycles. The van der Waals surface area contributed by atoms with Crippen molar-refractivity contribution in [3.63, 3.8) is 0 Å². The molecule has 1 N–H and O–H groups in total. The third-order valence-electron chi connectivity index (χ3n) is 4.06. The number of carbonyl (C=O) groups is 1. The molecule has 24 heavy (non-hydrogen) atoms. The van der Waals surface area contributed by atoms with Gasteiger partial charge in [0.15, 0.2) is 11.5 Å². The first-order chi connectivity index (χ1) is 11.7. The molecule has 1 aromatic heterocycles. The van der Waals surface area contributed by atoms with Crippen LogP contribution >= 0.6 is 0 Å². The monoisotopic (exact) mass is 325 g/mol. The predicted octanol–water partition coefficient (Wildman–Crippen LogP) is 2.34. The molecule has 2 aromatic rings. The average Bonchev–Trinajstić information content (AvgIpc) is 2.63. The van der Waals surface area contributed by atoms with Gasteiger partial charge in [0.05, 0.1) is 0 Å². The summed E-state index contributed by atoms with van der Waals surface area (Å²) in [4.78, 5) is 22.5. The highest BCUT2D eigenvalue weighted by atomic mass is 19.1. The summed E-state index contributed by atoms with van der Waals surface area (Å²) in [7, 11) is 0. The molecule has 0 bridgehead atoms. The second kappa shape index (κ2) is 7.04. The molecule has 1 fully saturated rings. The van der Waals surface area contributed by atoms with Crippen LogP contribution in [-0.2, 0) is 4.79 Å². The van der Waals surface area contributed by atoms with E-state index in [1.165, 1.54) is 18.3 Å². The molecule has 0 aliphatic carbocycles. The van der Waals surface area contributed by atoms with Gasteiger partial charge < -0.3 is 10.2 Å². The van der Waals surface area contributed by atoms with Crippen LogP contribution in [0, 0.1) is 23.1 Å². The smallest absolute Gasteiger partial charge is 0.227 e. The van der Waals surface area contributed by atoms with Crippen LogP contribution in [0.25, 0.3) is 0 Å². The molecule has 7 heteroatoms. The van der Waals surface area contributed by atoms with Crippen molar-refractivity contribution in [2.24, 2.45) is 5.92 Å². The first-order valence-electron chi connectivity index (χ1n) is 7.70. The van der Waals surface area contributed by atoms with Gasteiger partial charge in [-0.3, -0.25) is 4.79 Å². The summed E-state index contributed by atoms with van der Waals surface area (Å²) in [6.07, 6.45) is 4.37. The maximum atomic E-state index is 12.9. The SMILES string of the molecule is N#Cc1nccnc1N1CCC(C(=O)Nc2ccc(F)cc2)CC1. The number of halogens is 1. The van der Waals surface area contributed by atoms with Gasteiger partial charge in [0, 0.05) is 37.1 Å². The molecule has 122 valence electrons. The Morgan fingerprint density at radius 1 is 1.21 bits per heavy atom. The highest BCUT2D eigenvalue weighted by Crippen LogP contribution is 2.24. The van der Waals surface area contributed by atoms with Gasteiger partial charge in [-0.15, -0.1) is 0 Å². The van der Waals surface area contributed by atoms with Gasteiger partial charge >= 0.3 is 0 Å². The Bertz CT molecular complexity index is 763. The molecule has 0 radical (unpaired) electrons. The van der Waals surface area contributed by atoms with Gasteiger partial charge in [-0.1, -0.05) is 0 Å². The molecule has 2 heterocycles. The predicted molar refractivity (Wildman–Crippen MR) is 86.7 cm³/mol. The maximum Gasteiger partial charge on any atom is 0.227 e. The van der Waals surface area contributed by atoms with Gasteiger partial charge in [-0.2, -0.15) is 5.26 Å². The Balaban J connectivity index is 1.59. The van der Waals surface area contributed by atoms with Crippen molar-refractivity contribution in [1.82, 2.24) is 9.97 Å². The largest absolute Gasteiger partial charge is 0.354 e.